The number of aromatic hydroxyl groups is 1. The van der Waals surface area contributed by atoms with Crippen LogP contribution in [0.3, 0.4) is 0 Å². The minimum atomic E-state index is 0.231. The second kappa shape index (κ2) is 6.52. The molecular formula is C16H16N2O2. The lowest BCUT2D eigenvalue weighted by Gasteiger charge is -2.03. The summed E-state index contributed by atoms with van der Waals surface area (Å²) in [5.74, 6) is 0.763. The number of aromatic nitrogens is 2. The smallest absolute Gasteiger partial charge is 0.227 e. The predicted molar refractivity (Wildman–Crippen MR) is 78.2 cm³/mol. The van der Waals surface area contributed by atoms with Crippen molar-refractivity contribution in [3.8, 4) is 28.3 Å². The Hall–Kier alpha value is -2.62. The van der Waals surface area contributed by atoms with Crippen molar-refractivity contribution in [2.75, 3.05) is 0 Å². The van der Waals surface area contributed by atoms with Gasteiger partial charge in [0.1, 0.15) is 12.0 Å². The van der Waals surface area contributed by atoms with Gasteiger partial charge in [0, 0.05) is 18.0 Å². The van der Waals surface area contributed by atoms with Crippen LogP contribution in [0, 0.1) is 0 Å². The van der Waals surface area contributed by atoms with Crippen molar-refractivity contribution < 1.29 is 9.52 Å². The van der Waals surface area contributed by atoms with Gasteiger partial charge in [0.2, 0.25) is 5.89 Å². The Labute approximate surface area is 117 Å². The maximum absolute atomic E-state index is 9.48. The van der Waals surface area contributed by atoms with Gasteiger partial charge in [0.25, 0.3) is 0 Å². The zero-order valence-electron chi connectivity index (χ0n) is 11.4. The molecule has 20 heavy (non-hydrogen) atoms. The maximum atomic E-state index is 9.48. The lowest BCUT2D eigenvalue weighted by molar-refractivity contribution is 0.475. The Morgan fingerprint density at radius 2 is 1.80 bits per heavy atom. The number of rotatable bonds is 2. The normalized spacial score (nSPS) is 9.70. The molecule has 3 rings (SSSR count). The van der Waals surface area contributed by atoms with Gasteiger partial charge >= 0.3 is 0 Å². The lowest BCUT2D eigenvalue weighted by Crippen LogP contribution is -1.84. The first-order valence-corrected chi connectivity index (χ1v) is 6.47. The molecule has 0 spiro atoms. The Balaban J connectivity index is 0.000000704. The highest BCUT2D eigenvalue weighted by atomic mass is 16.3. The van der Waals surface area contributed by atoms with Crippen molar-refractivity contribution >= 4 is 0 Å². The van der Waals surface area contributed by atoms with Crippen molar-refractivity contribution in [3.05, 3.63) is 55.2 Å². The molecule has 4 nitrogen and oxygen atoms in total. The fourth-order valence-electron chi connectivity index (χ4n) is 1.77. The number of oxazole rings is 1. The number of hydrogen-bond donors (Lipinski definition) is 1. The molecular weight excluding hydrogens is 252 g/mol. The molecule has 0 fully saturated rings. The first-order valence-electron chi connectivity index (χ1n) is 6.47. The third kappa shape index (κ3) is 3.03. The summed E-state index contributed by atoms with van der Waals surface area (Å²) in [5, 5.41) is 9.48. The molecule has 0 aliphatic carbocycles. The highest BCUT2D eigenvalue weighted by Gasteiger charge is 2.05. The fraction of sp³-hybridized carbons (Fsp3) is 0.125. The first-order chi connectivity index (χ1) is 9.83. The first kappa shape index (κ1) is 13.8. The van der Waals surface area contributed by atoms with E-state index in [4.69, 9.17) is 4.42 Å². The molecule has 0 aliphatic rings. The number of hydrogen-bond acceptors (Lipinski definition) is 4. The molecule has 0 amide bonds. The van der Waals surface area contributed by atoms with Crippen LogP contribution < -0.4 is 0 Å². The van der Waals surface area contributed by atoms with Crippen molar-refractivity contribution in [1.29, 1.82) is 0 Å². The standard InChI is InChI=1S/C14H10N2O2.C2H6/c17-13-3-1-2-10(7-13)11-6-12(9-15-8-11)14-16-4-5-18-14;1-2/h1-9,17H;1-2H3. The molecule has 102 valence electrons. The average Bonchev–Trinajstić information content (AvgIpc) is 3.04. The molecule has 0 saturated heterocycles. The van der Waals surface area contributed by atoms with Gasteiger partial charge in [-0.3, -0.25) is 4.98 Å². The van der Waals surface area contributed by atoms with Gasteiger partial charge in [-0.2, -0.15) is 0 Å². The second-order valence-electron chi connectivity index (χ2n) is 3.85. The van der Waals surface area contributed by atoms with Gasteiger partial charge in [-0.25, -0.2) is 4.98 Å². The van der Waals surface area contributed by atoms with Crippen molar-refractivity contribution in [3.63, 3.8) is 0 Å². The average molecular weight is 268 g/mol. The minimum absolute atomic E-state index is 0.231. The van der Waals surface area contributed by atoms with E-state index < -0.39 is 0 Å². The zero-order valence-corrected chi connectivity index (χ0v) is 11.4. The molecule has 2 aromatic heterocycles. The number of phenols is 1. The molecule has 2 heterocycles. The topological polar surface area (TPSA) is 59.2 Å². The van der Waals surface area contributed by atoms with Crippen LogP contribution in [0.4, 0.5) is 0 Å². The molecule has 0 bridgehead atoms. The maximum Gasteiger partial charge on any atom is 0.227 e. The molecule has 4 heteroatoms. The van der Waals surface area contributed by atoms with Crippen LogP contribution in [-0.2, 0) is 0 Å². The second-order valence-corrected chi connectivity index (χ2v) is 3.85. The molecule has 0 atom stereocenters. The predicted octanol–water partition coefficient (Wildman–Crippen LogP) is 4.14. The summed E-state index contributed by atoms with van der Waals surface area (Å²) in [5.41, 5.74) is 2.61. The quantitative estimate of drug-likeness (QED) is 0.759. The van der Waals surface area contributed by atoms with Crippen LogP contribution in [0.2, 0.25) is 0 Å². The summed E-state index contributed by atoms with van der Waals surface area (Å²) >= 11 is 0. The van der Waals surface area contributed by atoms with Gasteiger partial charge in [-0.15, -0.1) is 0 Å². The SMILES string of the molecule is CC.Oc1cccc(-c2cncc(-c3ncco3)c2)c1. The highest BCUT2D eigenvalue weighted by molar-refractivity contribution is 5.69. The van der Waals surface area contributed by atoms with E-state index in [1.54, 1.807) is 36.8 Å². The lowest BCUT2D eigenvalue weighted by atomic mass is 10.1. The third-order valence-corrected chi connectivity index (χ3v) is 2.60. The van der Waals surface area contributed by atoms with E-state index in [0.717, 1.165) is 16.7 Å². The largest absolute Gasteiger partial charge is 0.508 e. The van der Waals surface area contributed by atoms with Gasteiger partial charge in [-0.05, 0) is 23.8 Å². The van der Waals surface area contributed by atoms with Crippen LogP contribution in [0.5, 0.6) is 5.75 Å². The monoisotopic (exact) mass is 268 g/mol. The molecule has 0 unspecified atom stereocenters. The molecule has 0 aliphatic heterocycles. The number of benzene rings is 1. The Bertz CT molecular complexity index is 664. The number of phenolic OH excluding ortho intramolecular Hbond substituents is 1. The summed E-state index contributed by atoms with van der Waals surface area (Å²) in [4.78, 5) is 8.25. The molecule has 1 N–H and O–H groups in total. The van der Waals surface area contributed by atoms with Gasteiger partial charge in [0.05, 0.1) is 11.8 Å². The molecule has 3 aromatic rings. The van der Waals surface area contributed by atoms with E-state index in [-0.39, 0.29) is 5.75 Å². The number of nitrogens with zero attached hydrogens (tertiary/aromatic N) is 2. The van der Waals surface area contributed by atoms with Crippen LogP contribution in [0.1, 0.15) is 13.8 Å². The molecule has 1 aromatic carbocycles. The van der Waals surface area contributed by atoms with Crippen LogP contribution >= 0.6 is 0 Å². The van der Waals surface area contributed by atoms with Crippen LogP contribution in [0.15, 0.2) is 59.6 Å². The summed E-state index contributed by atoms with van der Waals surface area (Å²) in [6.45, 7) is 4.00. The van der Waals surface area contributed by atoms with Gasteiger partial charge < -0.3 is 9.52 Å². The minimum Gasteiger partial charge on any atom is -0.508 e. The third-order valence-electron chi connectivity index (χ3n) is 2.60. The van der Waals surface area contributed by atoms with Gasteiger partial charge in [-0.1, -0.05) is 26.0 Å². The Morgan fingerprint density at radius 3 is 2.50 bits per heavy atom. The van der Waals surface area contributed by atoms with E-state index in [9.17, 15) is 5.11 Å². The summed E-state index contributed by atoms with van der Waals surface area (Å²) in [6.07, 6.45) is 6.55. The van der Waals surface area contributed by atoms with E-state index in [1.807, 2.05) is 26.0 Å². The van der Waals surface area contributed by atoms with E-state index >= 15 is 0 Å². The molecule has 0 radical (unpaired) electrons. The van der Waals surface area contributed by atoms with Crippen molar-refractivity contribution in [2.24, 2.45) is 0 Å². The molecule has 0 saturated carbocycles. The van der Waals surface area contributed by atoms with Crippen LogP contribution in [0.25, 0.3) is 22.6 Å². The fourth-order valence-corrected chi connectivity index (χ4v) is 1.77. The van der Waals surface area contributed by atoms with Crippen molar-refractivity contribution in [1.82, 2.24) is 9.97 Å². The summed E-state index contributed by atoms with van der Waals surface area (Å²) in [7, 11) is 0. The number of pyridine rings is 1. The zero-order chi connectivity index (χ0) is 14.4. The Morgan fingerprint density at radius 1 is 1.00 bits per heavy atom. The Kier molecular flexibility index (Phi) is 4.50. The van der Waals surface area contributed by atoms with E-state index in [0.29, 0.717) is 5.89 Å². The van der Waals surface area contributed by atoms with Gasteiger partial charge in [0.15, 0.2) is 0 Å². The van der Waals surface area contributed by atoms with Crippen LogP contribution in [-0.4, -0.2) is 15.1 Å². The summed E-state index contributed by atoms with van der Waals surface area (Å²) in [6, 6.07) is 8.96. The van der Waals surface area contributed by atoms with Crippen molar-refractivity contribution in [2.45, 2.75) is 13.8 Å². The van der Waals surface area contributed by atoms with E-state index in [1.165, 1.54) is 6.26 Å². The summed E-state index contributed by atoms with van der Waals surface area (Å²) < 4.78 is 5.23. The highest BCUT2D eigenvalue weighted by Crippen LogP contribution is 2.26. The van der Waals surface area contributed by atoms with E-state index in [2.05, 4.69) is 9.97 Å².